The van der Waals surface area contributed by atoms with Gasteiger partial charge in [-0.15, -0.1) is 0 Å². The number of hydrogen-bond donors (Lipinski definition) is 1. The van der Waals surface area contributed by atoms with Gasteiger partial charge in [-0.05, 0) is 50.7 Å². The van der Waals surface area contributed by atoms with Crippen molar-refractivity contribution in [1.29, 1.82) is 0 Å². The molecule has 0 radical (unpaired) electrons. The summed E-state index contributed by atoms with van der Waals surface area (Å²) in [6.45, 7) is 4.91. The molecular formula is C23H29N5O. The molecule has 1 aromatic heterocycles. The van der Waals surface area contributed by atoms with E-state index in [9.17, 15) is 4.79 Å². The minimum absolute atomic E-state index is 0.0452. The maximum absolute atomic E-state index is 12.6. The maximum atomic E-state index is 12.6. The molecule has 6 heteroatoms. The van der Waals surface area contributed by atoms with Crippen LogP contribution in [0.25, 0.3) is 5.69 Å². The fraction of sp³-hybridized carbons (Fsp3) is 0.304. The number of nitrogens with one attached hydrogen (secondary N) is 1. The number of aromatic nitrogens is 2. The second kappa shape index (κ2) is 8.92. The largest absolute Gasteiger partial charge is 0.378 e. The standard InChI is InChI=1S/C23H29N5O/c1-17-23(18(2)28(25-17)21-9-7-6-8-10-21)24-22(29)16-27(5)15-19-11-13-20(14-12-19)26(3)4/h6-14H,15-16H2,1-5H3,(H,24,29). The summed E-state index contributed by atoms with van der Waals surface area (Å²) in [5, 5.41) is 7.63. The summed E-state index contributed by atoms with van der Waals surface area (Å²) in [7, 11) is 6.00. The molecule has 3 rings (SSSR count). The molecule has 0 fully saturated rings. The SMILES string of the molecule is Cc1nn(-c2ccccc2)c(C)c1NC(=O)CN(C)Cc1ccc(N(C)C)cc1. The van der Waals surface area contributed by atoms with Crippen molar-refractivity contribution in [3.05, 3.63) is 71.5 Å². The smallest absolute Gasteiger partial charge is 0.238 e. The quantitative estimate of drug-likeness (QED) is 0.668. The van der Waals surface area contributed by atoms with E-state index < -0.39 is 0 Å². The highest BCUT2D eigenvalue weighted by Gasteiger charge is 2.16. The first kappa shape index (κ1) is 20.6. The second-order valence-corrected chi connectivity index (χ2v) is 7.57. The van der Waals surface area contributed by atoms with Gasteiger partial charge in [0.2, 0.25) is 5.91 Å². The topological polar surface area (TPSA) is 53.4 Å². The number of aryl methyl sites for hydroxylation is 1. The van der Waals surface area contributed by atoms with Crippen LogP contribution < -0.4 is 10.2 Å². The van der Waals surface area contributed by atoms with Crippen LogP contribution in [-0.2, 0) is 11.3 Å². The normalized spacial score (nSPS) is 11.0. The number of para-hydroxylation sites is 1. The Morgan fingerprint density at radius 3 is 2.28 bits per heavy atom. The molecule has 0 aliphatic carbocycles. The van der Waals surface area contributed by atoms with Crippen LogP contribution in [0.15, 0.2) is 54.6 Å². The third-order valence-electron chi connectivity index (χ3n) is 4.88. The molecule has 0 unspecified atom stereocenters. The Hall–Kier alpha value is -3.12. The number of amides is 1. The van der Waals surface area contributed by atoms with Crippen molar-refractivity contribution < 1.29 is 4.79 Å². The summed E-state index contributed by atoms with van der Waals surface area (Å²) in [6, 6.07) is 18.3. The van der Waals surface area contributed by atoms with Gasteiger partial charge < -0.3 is 10.2 Å². The van der Waals surface area contributed by atoms with Gasteiger partial charge in [-0.1, -0.05) is 30.3 Å². The molecule has 0 saturated carbocycles. The number of carbonyl (C=O) groups is 1. The number of hydrogen-bond acceptors (Lipinski definition) is 4. The fourth-order valence-electron chi connectivity index (χ4n) is 3.34. The molecule has 1 N–H and O–H groups in total. The molecule has 0 atom stereocenters. The molecular weight excluding hydrogens is 362 g/mol. The first-order chi connectivity index (χ1) is 13.8. The van der Waals surface area contributed by atoms with Crippen LogP contribution >= 0.6 is 0 Å². The Morgan fingerprint density at radius 2 is 1.66 bits per heavy atom. The van der Waals surface area contributed by atoms with Crippen LogP contribution in [0.3, 0.4) is 0 Å². The Balaban J connectivity index is 1.62. The summed E-state index contributed by atoms with van der Waals surface area (Å²) in [5.41, 5.74) is 5.82. The van der Waals surface area contributed by atoms with Crippen LogP contribution in [-0.4, -0.2) is 48.3 Å². The van der Waals surface area contributed by atoms with Crippen LogP contribution in [0.4, 0.5) is 11.4 Å². The van der Waals surface area contributed by atoms with Crippen LogP contribution in [0.5, 0.6) is 0 Å². The van der Waals surface area contributed by atoms with Gasteiger partial charge in [-0.2, -0.15) is 5.10 Å². The average Bonchev–Trinajstić information content (AvgIpc) is 2.97. The first-order valence-electron chi connectivity index (χ1n) is 9.71. The van der Waals surface area contributed by atoms with E-state index in [2.05, 4.69) is 39.6 Å². The van der Waals surface area contributed by atoms with E-state index in [0.717, 1.165) is 28.5 Å². The van der Waals surface area contributed by atoms with E-state index >= 15 is 0 Å². The molecule has 0 aliphatic rings. The summed E-state index contributed by atoms with van der Waals surface area (Å²) >= 11 is 0. The predicted molar refractivity (Wildman–Crippen MR) is 119 cm³/mol. The first-order valence-corrected chi connectivity index (χ1v) is 9.71. The van der Waals surface area contributed by atoms with Crippen molar-refractivity contribution in [2.24, 2.45) is 0 Å². The highest BCUT2D eigenvalue weighted by molar-refractivity contribution is 5.93. The molecule has 29 heavy (non-hydrogen) atoms. The summed E-state index contributed by atoms with van der Waals surface area (Å²) < 4.78 is 1.86. The summed E-state index contributed by atoms with van der Waals surface area (Å²) in [5.74, 6) is -0.0452. The zero-order chi connectivity index (χ0) is 21.0. The Morgan fingerprint density at radius 1 is 1.00 bits per heavy atom. The average molecular weight is 392 g/mol. The number of rotatable bonds is 7. The van der Waals surface area contributed by atoms with E-state index in [1.165, 1.54) is 5.56 Å². The maximum Gasteiger partial charge on any atom is 0.238 e. The lowest BCUT2D eigenvalue weighted by Gasteiger charge is -2.18. The molecule has 3 aromatic rings. The van der Waals surface area contributed by atoms with Gasteiger partial charge in [0.25, 0.3) is 0 Å². The molecule has 2 aromatic carbocycles. The third-order valence-corrected chi connectivity index (χ3v) is 4.88. The fourth-order valence-corrected chi connectivity index (χ4v) is 3.34. The highest BCUT2D eigenvalue weighted by atomic mass is 16.2. The lowest BCUT2D eigenvalue weighted by Crippen LogP contribution is -2.30. The van der Waals surface area contributed by atoms with E-state index in [1.54, 1.807) is 0 Å². The molecule has 1 heterocycles. The van der Waals surface area contributed by atoms with E-state index in [0.29, 0.717) is 13.1 Å². The number of anilines is 2. The van der Waals surface area contributed by atoms with Crippen molar-refractivity contribution in [3.8, 4) is 5.69 Å². The number of likely N-dealkylation sites (N-methyl/N-ethyl adjacent to an activating group) is 1. The molecule has 152 valence electrons. The molecule has 0 aliphatic heterocycles. The van der Waals surface area contributed by atoms with Gasteiger partial charge in [0, 0.05) is 26.3 Å². The minimum Gasteiger partial charge on any atom is -0.378 e. The summed E-state index contributed by atoms with van der Waals surface area (Å²) in [6.07, 6.45) is 0. The number of carbonyl (C=O) groups excluding carboxylic acids is 1. The molecule has 0 saturated heterocycles. The Bertz CT molecular complexity index is 961. The van der Waals surface area contributed by atoms with Crippen molar-refractivity contribution in [2.45, 2.75) is 20.4 Å². The number of nitrogens with zero attached hydrogens (tertiary/aromatic N) is 4. The molecule has 0 spiro atoms. The third kappa shape index (κ3) is 5.03. The highest BCUT2D eigenvalue weighted by Crippen LogP contribution is 2.22. The van der Waals surface area contributed by atoms with E-state index in [-0.39, 0.29) is 5.91 Å². The summed E-state index contributed by atoms with van der Waals surface area (Å²) in [4.78, 5) is 16.7. The molecule has 0 bridgehead atoms. The Labute approximate surface area is 172 Å². The van der Waals surface area contributed by atoms with E-state index in [1.807, 2.05) is 74.9 Å². The van der Waals surface area contributed by atoms with Gasteiger partial charge in [-0.3, -0.25) is 9.69 Å². The molecule has 6 nitrogen and oxygen atoms in total. The van der Waals surface area contributed by atoms with Crippen molar-refractivity contribution in [3.63, 3.8) is 0 Å². The lowest BCUT2D eigenvalue weighted by molar-refractivity contribution is -0.117. The lowest BCUT2D eigenvalue weighted by atomic mass is 10.2. The van der Waals surface area contributed by atoms with Crippen LogP contribution in [0, 0.1) is 13.8 Å². The van der Waals surface area contributed by atoms with Gasteiger partial charge in [0.1, 0.15) is 0 Å². The Kier molecular flexibility index (Phi) is 6.34. The van der Waals surface area contributed by atoms with Gasteiger partial charge >= 0.3 is 0 Å². The van der Waals surface area contributed by atoms with Gasteiger partial charge in [0.05, 0.1) is 29.3 Å². The number of benzene rings is 2. The van der Waals surface area contributed by atoms with Crippen molar-refractivity contribution in [2.75, 3.05) is 37.9 Å². The van der Waals surface area contributed by atoms with E-state index in [4.69, 9.17) is 0 Å². The monoisotopic (exact) mass is 391 g/mol. The second-order valence-electron chi connectivity index (χ2n) is 7.57. The van der Waals surface area contributed by atoms with Gasteiger partial charge in [-0.25, -0.2) is 4.68 Å². The van der Waals surface area contributed by atoms with Crippen molar-refractivity contribution in [1.82, 2.24) is 14.7 Å². The zero-order valence-electron chi connectivity index (χ0n) is 17.8. The zero-order valence-corrected chi connectivity index (χ0v) is 17.8. The van der Waals surface area contributed by atoms with Gasteiger partial charge in [0.15, 0.2) is 0 Å². The van der Waals surface area contributed by atoms with Crippen LogP contribution in [0.1, 0.15) is 17.0 Å². The van der Waals surface area contributed by atoms with Crippen molar-refractivity contribution >= 4 is 17.3 Å². The minimum atomic E-state index is -0.0452. The predicted octanol–water partition coefficient (Wildman–Crippen LogP) is 3.63. The van der Waals surface area contributed by atoms with Crippen LogP contribution in [0.2, 0.25) is 0 Å². The molecule has 1 amide bonds.